The zero-order valence-electron chi connectivity index (χ0n) is 15.4. The van der Waals surface area contributed by atoms with Crippen LogP contribution in [0.4, 0.5) is 0 Å². The van der Waals surface area contributed by atoms with Gasteiger partial charge in [-0.25, -0.2) is 0 Å². The van der Waals surface area contributed by atoms with Gasteiger partial charge in [0.15, 0.2) is 0 Å². The summed E-state index contributed by atoms with van der Waals surface area (Å²) < 4.78 is 6.12. The van der Waals surface area contributed by atoms with Crippen molar-refractivity contribution in [1.29, 1.82) is 0 Å². The van der Waals surface area contributed by atoms with E-state index in [-0.39, 0.29) is 18.8 Å². The van der Waals surface area contributed by atoms with Crippen molar-refractivity contribution in [3.63, 3.8) is 0 Å². The first-order chi connectivity index (χ1) is 12.9. The van der Waals surface area contributed by atoms with E-state index in [2.05, 4.69) is 17.4 Å². The minimum Gasteiger partial charge on any atom is -0.488 e. The molecule has 0 saturated heterocycles. The summed E-state index contributed by atoms with van der Waals surface area (Å²) in [5.41, 5.74) is 1.42. The van der Waals surface area contributed by atoms with E-state index in [1.54, 1.807) is 12.1 Å². The van der Waals surface area contributed by atoms with Gasteiger partial charge in [-0.1, -0.05) is 59.6 Å². The van der Waals surface area contributed by atoms with Gasteiger partial charge in [-0.05, 0) is 42.8 Å². The van der Waals surface area contributed by atoms with Gasteiger partial charge >= 0.3 is 0 Å². The summed E-state index contributed by atoms with van der Waals surface area (Å²) in [5.74, 6) is 0.769. The van der Waals surface area contributed by atoms with Gasteiger partial charge in [-0.15, -0.1) is 0 Å². The number of aliphatic hydroxyl groups is 1. The van der Waals surface area contributed by atoms with Crippen LogP contribution < -0.4 is 10.1 Å². The molecule has 0 heterocycles. The van der Waals surface area contributed by atoms with E-state index >= 15 is 0 Å². The standard InChI is InChI=1S/C22H23Cl2NO2/c1-22(2,14-26)25-12-17-16-7-4-3-6-15(16)10-11-21(17)27-13-18-19(23)8-5-9-20(18)24/h3-11,25-26H,12-14H2,1-2H3. The molecule has 0 aliphatic carbocycles. The van der Waals surface area contributed by atoms with Gasteiger partial charge in [0, 0.05) is 33.3 Å². The molecule has 0 saturated carbocycles. The first-order valence-corrected chi connectivity index (χ1v) is 9.59. The lowest BCUT2D eigenvalue weighted by atomic mass is 10.0. The van der Waals surface area contributed by atoms with Crippen molar-refractivity contribution in [1.82, 2.24) is 5.32 Å². The third-order valence-corrected chi connectivity index (χ3v) is 5.28. The van der Waals surface area contributed by atoms with E-state index < -0.39 is 0 Å². The second-order valence-corrected chi connectivity index (χ2v) is 7.96. The number of nitrogens with one attached hydrogen (secondary N) is 1. The van der Waals surface area contributed by atoms with Gasteiger partial charge < -0.3 is 15.2 Å². The minimum atomic E-state index is -0.389. The highest BCUT2D eigenvalue weighted by Gasteiger charge is 2.18. The number of rotatable bonds is 7. The Morgan fingerprint density at radius 2 is 1.63 bits per heavy atom. The average Bonchev–Trinajstić information content (AvgIpc) is 2.66. The van der Waals surface area contributed by atoms with E-state index in [0.717, 1.165) is 27.6 Å². The molecule has 0 radical (unpaired) electrons. The van der Waals surface area contributed by atoms with Crippen LogP contribution in [0.25, 0.3) is 10.8 Å². The summed E-state index contributed by atoms with van der Waals surface area (Å²) >= 11 is 12.5. The molecule has 0 aliphatic heterocycles. The highest BCUT2D eigenvalue weighted by atomic mass is 35.5. The van der Waals surface area contributed by atoms with Crippen LogP contribution in [0.5, 0.6) is 5.75 Å². The second kappa shape index (κ2) is 8.49. The molecule has 0 aromatic heterocycles. The third-order valence-electron chi connectivity index (χ3n) is 4.57. The number of benzene rings is 3. The third kappa shape index (κ3) is 4.74. The number of hydrogen-bond donors (Lipinski definition) is 2. The fourth-order valence-corrected chi connectivity index (χ4v) is 3.34. The monoisotopic (exact) mass is 403 g/mol. The van der Waals surface area contributed by atoms with Crippen LogP contribution in [-0.4, -0.2) is 17.3 Å². The molecule has 0 bridgehead atoms. The topological polar surface area (TPSA) is 41.5 Å². The van der Waals surface area contributed by atoms with Crippen molar-refractivity contribution in [3.05, 3.63) is 75.8 Å². The minimum absolute atomic E-state index is 0.0448. The van der Waals surface area contributed by atoms with Crippen LogP contribution in [0.15, 0.2) is 54.6 Å². The van der Waals surface area contributed by atoms with Gasteiger partial charge in [-0.3, -0.25) is 0 Å². The molecule has 0 fully saturated rings. The molecular formula is C22H23Cl2NO2. The van der Waals surface area contributed by atoms with Crippen LogP contribution >= 0.6 is 23.2 Å². The molecule has 0 unspecified atom stereocenters. The summed E-state index contributed by atoms with van der Waals surface area (Å²) in [6, 6.07) is 17.6. The molecule has 27 heavy (non-hydrogen) atoms. The van der Waals surface area contributed by atoms with Gasteiger partial charge in [-0.2, -0.15) is 0 Å². The predicted octanol–water partition coefficient (Wildman–Crippen LogP) is 5.59. The van der Waals surface area contributed by atoms with Gasteiger partial charge in [0.2, 0.25) is 0 Å². The van der Waals surface area contributed by atoms with Crippen LogP contribution in [0.3, 0.4) is 0 Å². The normalized spacial score (nSPS) is 11.7. The van der Waals surface area contributed by atoms with E-state index in [4.69, 9.17) is 27.9 Å². The van der Waals surface area contributed by atoms with Crippen molar-refractivity contribution in [2.24, 2.45) is 0 Å². The molecule has 0 spiro atoms. The molecule has 3 nitrogen and oxygen atoms in total. The zero-order chi connectivity index (χ0) is 19.4. The van der Waals surface area contributed by atoms with Crippen molar-refractivity contribution in [2.45, 2.75) is 32.5 Å². The highest BCUT2D eigenvalue weighted by molar-refractivity contribution is 6.35. The predicted molar refractivity (Wildman–Crippen MR) is 113 cm³/mol. The maximum atomic E-state index is 9.54. The zero-order valence-corrected chi connectivity index (χ0v) is 16.9. The lowest BCUT2D eigenvalue weighted by Crippen LogP contribution is -2.42. The summed E-state index contributed by atoms with van der Waals surface area (Å²) in [6.45, 7) is 4.82. The molecule has 0 amide bonds. The molecular weight excluding hydrogens is 381 g/mol. The van der Waals surface area contributed by atoms with Crippen molar-refractivity contribution in [2.75, 3.05) is 6.61 Å². The Labute approximate surface area is 169 Å². The lowest BCUT2D eigenvalue weighted by Gasteiger charge is -2.25. The summed E-state index contributed by atoms with van der Waals surface area (Å²) in [6.07, 6.45) is 0. The fraction of sp³-hybridized carbons (Fsp3) is 0.273. The summed E-state index contributed by atoms with van der Waals surface area (Å²) in [5, 5.41) is 16.4. The van der Waals surface area contributed by atoms with Crippen LogP contribution in [-0.2, 0) is 13.2 Å². The number of aliphatic hydroxyl groups excluding tert-OH is 1. The van der Waals surface area contributed by atoms with E-state index in [1.165, 1.54) is 0 Å². The molecule has 0 aliphatic rings. The maximum Gasteiger partial charge on any atom is 0.124 e. The van der Waals surface area contributed by atoms with E-state index in [0.29, 0.717) is 16.6 Å². The first kappa shape index (κ1) is 20.0. The number of hydrogen-bond acceptors (Lipinski definition) is 3. The first-order valence-electron chi connectivity index (χ1n) is 8.83. The molecule has 3 aromatic carbocycles. The Kier molecular flexibility index (Phi) is 6.28. The van der Waals surface area contributed by atoms with Gasteiger partial charge in [0.1, 0.15) is 12.4 Å². The van der Waals surface area contributed by atoms with Crippen LogP contribution in [0.2, 0.25) is 10.0 Å². The molecule has 3 aromatic rings. The number of halogens is 2. The Bertz CT molecular complexity index is 920. The Hall–Kier alpha value is -1.78. The summed E-state index contributed by atoms with van der Waals surface area (Å²) in [7, 11) is 0. The molecule has 5 heteroatoms. The Balaban J connectivity index is 1.93. The lowest BCUT2D eigenvalue weighted by molar-refractivity contribution is 0.187. The molecule has 2 N–H and O–H groups in total. The van der Waals surface area contributed by atoms with E-state index in [1.807, 2.05) is 44.2 Å². The Morgan fingerprint density at radius 3 is 2.33 bits per heavy atom. The smallest absolute Gasteiger partial charge is 0.124 e. The highest BCUT2D eigenvalue weighted by Crippen LogP contribution is 2.31. The summed E-state index contributed by atoms with van der Waals surface area (Å²) in [4.78, 5) is 0. The van der Waals surface area contributed by atoms with Crippen LogP contribution in [0, 0.1) is 0 Å². The van der Waals surface area contributed by atoms with Crippen LogP contribution in [0.1, 0.15) is 25.0 Å². The molecule has 3 rings (SSSR count). The molecule has 142 valence electrons. The number of fused-ring (bicyclic) bond motifs is 1. The van der Waals surface area contributed by atoms with Gasteiger partial charge in [0.05, 0.1) is 6.61 Å². The average molecular weight is 404 g/mol. The van der Waals surface area contributed by atoms with E-state index in [9.17, 15) is 5.11 Å². The SMILES string of the molecule is CC(C)(CO)NCc1c(OCc2c(Cl)cccc2Cl)ccc2ccccc12. The maximum absolute atomic E-state index is 9.54. The number of ether oxygens (including phenoxy) is 1. The van der Waals surface area contributed by atoms with Crippen molar-refractivity contribution in [3.8, 4) is 5.75 Å². The van der Waals surface area contributed by atoms with Gasteiger partial charge in [0.25, 0.3) is 0 Å². The quantitative estimate of drug-likeness (QED) is 0.540. The van der Waals surface area contributed by atoms with Crippen molar-refractivity contribution >= 4 is 34.0 Å². The van der Waals surface area contributed by atoms with Crippen molar-refractivity contribution < 1.29 is 9.84 Å². The second-order valence-electron chi connectivity index (χ2n) is 7.15. The largest absolute Gasteiger partial charge is 0.488 e. The Morgan fingerprint density at radius 1 is 0.926 bits per heavy atom. The fourth-order valence-electron chi connectivity index (χ4n) is 2.84. The molecule has 0 atom stereocenters.